The molecule has 0 aliphatic heterocycles. The maximum atomic E-state index is 5.04. The van der Waals surface area contributed by atoms with E-state index < -0.39 is 0 Å². The molecule has 0 spiro atoms. The minimum atomic E-state index is 0. The molecule has 4 nitrogen and oxygen atoms in total. The summed E-state index contributed by atoms with van der Waals surface area (Å²) in [6.07, 6.45) is 6.43. The largest absolute Gasteiger partial charge is 0.385 e. The second kappa shape index (κ2) is 10.7. The second-order valence-corrected chi connectivity index (χ2v) is 6.15. The fraction of sp³-hybridized carbons (Fsp3) is 0.933. The van der Waals surface area contributed by atoms with Crippen molar-refractivity contribution in [1.29, 1.82) is 0 Å². The maximum absolute atomic E-state index is 5.04. The molecule has 1 saturated carbocycles. The van der Waals surface area contributed by atoms with Gasteiger partial charge in [-0.2, -0.15) is 0 Å². The van der Waals surface area contributed by atoms with Gasteiger partial charge >= 0.3 is 0 Å². The van der Waals surface area contributed by atoms with Crippen LogP contribution in [0, 0.1) is 11.3 Å². The molecule has 0 unspecified atom stereocenters. The summed E-state index contributed by atoms with van der Waals surface area (Å²) >= 11 is 0. The summed E-state index contributed by atoms with van der Waals surface area (Å²) in [7, 11) is 3.57. The lowest BCUT2D eigenvalue weighted by Gasteiger charge is -2.43. The number of rotatable bonds is 8. The zero-order valence-corrected chi connectivity index (χ0v) is 15.8. The zero-order valence-electron chi connectivity index (χ0n) is 13.5. The Kier molecular flexibility index (Phi) is 10.6. The molecule has 1 rings (SSSR count). The first kappa shape index (κ1) is 20.0. The zero-order chi connectivity index (χ0) is 14.1. The van der Waals surface area contributed by atoms with Crippen LogP contribution >= 0.6 is 24.0 Å². The van der Waals surface area contributed by atoms with Crippen LogP contribution in [0.2, 0.25) is 0 Å². The number of guanidine groups is 1. The lowest BCUT2D eigenvalue weighted by atomic mass is 9.64. The average Bonchev–Trinajstić information content (AvgIpc) is 2.34. The van der Waals surface area contributed by atoms with Crippen molar-refractivity contribution in [1.82, 2.24) is 10.6 Å². The first-order valence-electron chi connectivity index (χ1n) is 7.55. The van der Waals surface area contributed by atoms with Crippen LogP contribution in [0.1, 0.15) is 46.0 Å². The summed E-state index contributed by atoms with van der Waals surface area (Å²) in [5.41, 5.74) is 0.512. The van der Waals surface area contributed by atoms with Gasteiger partial charge in [0.1, 0.15) is 0 Å². The second-order valence-electron chi connectivity index (χ2n) is 6.15. The molecule has 0 aromatic heterocycles. The van der Waals surface area contributed by atoms with E-state index in [0.29, 0.717) is 5.41 Å². The predicted molar refractivity (Wildman–Crippen MR) is 97.0 cm³/mol. The third-order valence-corrected chi connectivity index (χ3v) is 3.93. The standard InChI is InChI=1S/C15H31N3O.HI/c1-13(2)11-15(7-5-8-15)12-18-14(16-3)17-9-6-10-19-4;/h13H,5-12H2,1-4H3,(H2,16,17,18);1H. The number of aliphatic imine (C=N–C) groups is 1. The fourth-order valence-electron chi connectivity index (χ4n) is 2.91. The van der Waals surface area contributed by atoms with E-state index in [2.05, 4.69) is 29.5 Å². The molecule has 0 aromatic rings. The molecule has 1 aliphatic carbocycles. The van der Waals surface area contributed by atoms with Gasteiger partial charge in [-0.05, 0) is 37.0 Å². The highest BCUT2D eigenvalue weighted by Gasteiger charge is 2.37. The van der Waals surface area contributed by atoms with Gasteiger partial charge in [-0.3, -0.25) is 4.99 Å². The van der Waals surface area contributed by atoms with Crippen LogP contribution in [0.15, 0.2) is 4.99 Å². The normalized spacial score (nSPS) is 17.4. The van der Waals surface area contributed by atoms with Gasteiger partial charge in [0.2, 0.25) is 0 Å². The minimum absolute atomic E-state index is 0. The van der Waals surface area contributed by atoms with E-state index >= 15 is 0 Å². The highest BCUT2D eigenvalue weighted by molar-refractivity contribution is 14.0. The fourth-order valence-corrected chi connectivity index (χ4v) is 2.91. The lowest BCUT2D eigenvalue weighted by Crippen LogP contribution is -2.47. The van der Waals surface area contributed by atoms with E-state index in [4.69, 9.17) is 4.74 Å². The third-order valence-electron chi connectivity index (χ3n) is 3.93. The Morgan fingerprint density at radius 2 is 2.00 bits per heavy atom. The van der Waals surface area contributed by atoms with Crippen LogP contribution in [0.4, 0.5) is 0 Å². The van der Waals surface area contributed by atoms with E-state index in [1.165, 1.54) is 25.7 Å². The molecular weight excluding hydrogens is 365 g/mol. The van der Waals surface area contributed by atoms with Gasteiger partial charge in [0.05, 0.1) is 0 Å². The molecule has 0 heterocycles. The molecule has 0 radical (unpaired) electrons. The number of nitrogens with zero attached hydrogens (tertiary/aromatic N) is 1. The molecule has 0 atom stereocenters. The Balaban J connectivity index is 0.00000361. The van der Waals surface area contributed by atoms with Crippen molar-refractivity contribution in [2.45, 2.75) is 46.0 Å². The van der Waals surface area contributed by atoms with Crippen molar-refractivity contribution < 1.29 is 4.74 Å². The number of hydrogen-bond acceptors (Lipinski definition) is 2. The minimum Gasteiger partial charge on any atom is -0.385 e. The van der Waals surface area contributed by atoms with E-state index in [-0.39, 0.29) is 24.0 Å². The summed E-state index contributed by atoms with van der Waals surface area (Å²) in [5.74, 6) is 1.70. The molecule has 1 aliphatic rings. The summed E-state index contributed by atoms with van der Waals surface area (Å²) < 4.78 is 5.04. The average molecular weight is 397 g/mol. The smallest absolute Gasteiger partial charge is 0.190 e. The van der Waals surface area contributed by atoms with Gasteiger partial charge in [-0.1, -0.05) is 20.3 Å². The van der Waals surface area contributed by atoms with Gasteiger partial charge in [-0.15, -0.1) is 24.0 Å². The third kappa shape index (κ3) is 7.11. The molecule has 2 N–H and O–H groups in total. The molecule has 0 saturated heterocycles. The molecular formula is C15H32IN3O. The van der Waals surface area contributed by atoms with Crippen LogP contribution < -0.4 is 10.6 Å². The number of methoxy groups -OCH3 is 1. The lowest BCUT2D eigenvalue weighted by molar-refractivity contribution is 0.104. The Bertz CT molecular complexity index is 278. The Labute approximate surface area is 141 Å². The molecule has 120 valence electrons. The number of hydrogen-bond donors (Lipinski definition) is 2. The van der Waals surface area contributed by atoms with Gasteiger partial charge in [-0.25, -0.2) is 0 Å². The molecule has 1 fully saturated rings. The maximum Gasteiger partial charge on any atom is 0.190 e. The van der Waals surface area contributed by atoms with E-state index in [1.54, 1.807) is 7.11 Å². The topological polar surface area (TPSA) is 45.7 Å². The highest BCUT2D eigenvalue weighted by atomic mass is 127. The quantitative estimate of drug-likeness (QED) is 0.287. The van der Waals surface area contributed by atoms with Crippen LogP contribution in [0.3, 0.4) is 0 Å². The molecule has 0 amide bonds. The van der Waals surface area contributed by atoms with Gasteiger partial charge in [0.15, 0.2) is 5.96 Å². The van der Waals surface area contributed by atoms with E-state index in [1.807, 2.05) is 7.05 Å². The molecule has 0 aromatic carbocycles. The Morgan fingerprint density at radius 1 is 1.30 bits per heavy atom. The van der Waals surface area contributed by atoms with Crippen molar-refractivity contribution in [2.24, 2.45) is 16.3 Å². The van der Waals surface area contributed by atoms with Crippen LogP contribution in [0.5, 0.6) is 0 Å². The van der Waals surface area contributed by atoms with Crippen LogP contribution in [0.25, 0.3) is 0 Å². The van der Waals surface area contributed by atoms with Crippen LogP contribution in [-0.4, -0.2) is 39.8 Å². The summed E-state index contributed by atoms with van der Waals surface area (Å²) in [4.78, 5) is 4.28. The SMILES string of the molecule is CN=C(NCCCOC)NCC1(CC(C)C)CCC1.I. The van der Waals surface area contributed by atoms with Gasteiger partial charge < -0.3 is 15.4 Å². The molecule has 0 bridgehead atoms. The van der Waals surface area contributed by atoms with Gasteiger partial charge in [0, 0.05) is 33.9 Å². The van der Waals surface area contributed by atoms with Crippen molar-refractivity contribution in [3.05, 3.63) is 0 Å². The number of halogens is 1. The summed E-state index contributed by atoms with van der Waals surface area (Å²) in [5, 5.41) is 6.83. The Morgan fingerprint density at radius 3 is 2.45 bits per heavy atom. The molecule has 5 heteroatoms. The number of nitrogens with one attached hydrogen (secondary N) is 2. The Hall–Kier alpha value is -0.0400. The van der Waals surface area contributed by atoms with Gasteiger partial charge in [0.25, 0.3) is 0 Å². The van der Waals surface area contributed by atoms with Crippen molar-refractivity contribution >= 4 is 29.9 Å². The summed E-state index contributed by atoms with van der Waals surface area (Å²) in [6, 6.07) is 0. The predicted octanol–water partition coefficient (Wildman–Crippen LogP) is 3.02. The summed E-state index contributed by atoms with van der Waals surface area (Å²) in [6.45, 7) is 7.39. The van der Waals surface area contributed by atoms with Crippen molar-refractivity contribution in [3.8, 4) is 0 Å². The van der Waals surface area contributed by atoms with Crippen molar-refractivity contribution in [2.75, 3.05) is 33.9 Å². The van der Waals surface area contributed by atoms with E-state index in [0.717, 1.165) is 38.0 Å². The van der Waals surface area contributed by atoms with Crippen molar-refractivity contribution in [3.63, 3.8) is 0 Å². The first-order chi connectivity index (χ1) is 9.12. The van der Waals surface area contributed by atoms with Crippen LogP contribution in [-0.2, 0) is 4.74 Å². The number of ether oxygens (including phenoxy) is 1. The highest BCUT2D eigenvalue weighted by Crippen LogP contribution is 2.45. The van der Waals surface area contributed by atoms with E-state index in [9.17, 15) is 0 Å². The first-order valence-corrected chi connectivity index (χ1v) is 7.55. The molecule has 20 heavy (non-hydrogen) atoms. The monoisotopic (exact) mass is 397 g/mol.